The van der Waals surface area contributed by atoms with Crippen LogP contribution in [0.15, 0.2) is 0 Å². The van der Waals surface area contributed by atoms with Gasteiger partial charge in [-0.3, -0.25) is 9.69 Å². The Bertz CT molecular complexity index is 637. The number of esters is 1. The Hall–Kier alpha value is -2.52. The van der Waals surface area contributed by atoms with Gasteiger partial charge in [-0.2, -0.15) is 0 Å². The highest BCUT2D eigenvalue weighted by molar-refractivity contribution is 5.84. The fourth-order valence-electron chi connectivity index (χ4n) is 2.72. The molecule has 0 unspecified atom stereocenters. The van der Waals surface area contributed by atoms with Gasteiger partial charge in [0.15, 0.2) is 0 Å². The number of nitrogens with zero attached hydrogens (tertiary/aromatic N) is 2. The molecule has 0 aromatic heterocycles. The molecule has 1 aliphatic rings. The number of rotatable bonds is 4. The molecule has 0 spiro atoms. The van der Waals surface area contributed by atoms with Crippen molar-refractivity contribution < 1.29 is 33.4 Å². The maximum absolute atomic E-state index is 12.4. The van der Waals surface area contributed by atoms with E-state index in [1.54, 1.807) is 41.5 Å². The normalized spacial score (nSPS) is 19.4. The summed E-state index contributed by atoms with van der Waals surface area (Å²) in [4.78, 5) is 51.2. The molecule has 0 saturated carbocycles. The molecule has 29 heavy (non-hydrogen) atoms. The number of likely N-dealkylation sites (N-methyl/N-ethyl adjacent to an activating group) is 1. The Morgan fingerprint density at radius 2 is 1.59 bits per heavy atom. The highest BCUT2D eigenvalue weighted by atomic mass is 16.6. The summed E-state index contributed by atoms with van der Waals surface area (Å²) in [5.41, 5.74) is -1.40. The molecule has 2 atom stereocenters. The first-order valence-electron chi connectivity index (χ1n) is 9.44. The number of carbonyl (C=O) groups excluding carboxylic acids is 4. The fraction of sp³-hybridized carbons (Fsp3) is 0.789. The molecule has 1 saturated heterocycles. The van der Waals surface area contributed by atoms with E-state index >= 15 is 0 Å². The number of nitrogens with one attached hydrogen (secondary N) is 1. The number of methoxy groups -OCH3 is 1. The number of likely N-dealkylation sites (tertiary alicyclic amines) is 1. The van der Waals surface area contributed by atoms with E-state index in [-0.39, 0.29) is 19.5 Å². The predicted octanol–water partition coefficient (Wildman–Crippen LogP) is 1.52. The van der Waals surface area contributed by atoms with Crippen molar-refractivity contribution in [1.82, 2.24) is 15.1 Å². The quantitative estimate of drug-likeness (QED) is 0.547. The lowest BCUT2D eigenvalue weighted by molar-refractivity contribution is -0.145. The number of hydrogen-bond donors (Lipinski definition) is 1. The number of carbonyl (C=O) groups is 4. The summed E-state index contributed by atoms with van der Waals surface area (Å²) in [6.07, 6.45) is -1.09. The molecule has 3 amide bonds. The summed E-state index contributed by atoms with van der Waals surface area (Å²) in [5, 5.41) is 2.74. The van der Waals surface area contributed by atoms with Crippen LogP contribution in [-0.2, 0) is 23.8 Å². The van der Waals surface area contributed by atoms with Crippen LogP contribution in [-0.4, -0.2) is 84.4 Å². The van der Waals surface area contributed by atoms with Crippen molar-refractivity contribution in [2.45, 2.75) is 71.2 Å². The zero-order valence-corrected chi connectivity index (χ0v) is 18.5. The molecule has 0 aromatic rings. The molecule has 1 aliphatic heterocycles. The van der Waals surface area contributed by atoms with Crippen LogP contribution in [0.3, 0.4) is 0 Å². The monoisotopic (exact) mass is 415 g/mol. The molecule has 166 valence electrons. The lowest BCUT2D eigenvalue weighted by Gasteiger charge is -2.27. The van der Waals surface area contributed by atoms with Gasteiger partial charge in [-0.15, -0.1) is 0 Å². The Labute approximate surface area is 171 Å². The topological polar surface area (TPSA) is 114 Å². The standard InChI is InChI=1S/C19H33N3O7/c1-18(2,3)28-16(25)21(7)11-14(23)20-12-9-13(15(24)27-8)22(10-12)17(26)29-19(4,5)6/h12-13H,9-11H2,1-8H3,(H,20,23)/t12-,13+/m1/s1. The summed E-state index contributed by atoms with van der Waals surface area (Å²) in [6, 6.07) is -1.34. The zero-order valence-electron chi connectivity index (χ0n) is 18.5. The van der Waals surface area contributed by atoms with Crippen LogP contribution in [0.4, 0.5) is 9.59 Å². The molecule has 0 aliphatic carbocycles. The average Bonchev–Trinajstić information content (AvgIpc) is 2.94. The summed E-state index contributed by atoms with van der Waals surface area (Å²) in [7, 11) is 2.68. The van der Waals surface area contributed by atoms with Gasteiger partial charge in [0.2, 0.25) is 5.91 Å². The number of ether oxygens (including phenoxy) is 3. The molecule has 1 heterocycles. The van der Waals surface area contributed by atoms with E-state index < -0.39 is 47.3 Å². The average molecular weight is 415 g/mol. The SMILES string of the molecule is COC(=O)[C@@H]1C[C@@H](NC(=O)CN(C)C(=O)OC(C)(C)C)CN1C(=O)OC(C)(C)C. The van der Waals surface area contributed by atoms with E-state index in [9.17, 15) is 19.2 Å². The van der Waals surface area contributed by atoms with Crippen molar-refractivity contribution in [2.24, 2.45) is 0 Å². The highest BCUT2D eigenvalue weighted by Crippen LogP contribution is 2.22. The number of hydrogen-bond acceptors (Lipinski definition) is 7. The van der Waals surface area contributed by atoms with Gasteiger partial charge in [-0.05, 0) is 41.5 Å². The molecule has 0 bridgehead atoms. The Morgan fingerprint density at radius 3 is 2.07 bits per heavy atom. The van der Waals surface area contributed by atoms with E-state index in [1.807, 2.05) is 0 Å². The van der Waals surface area contributed by atoms with Crippen LogP contribution in [0.1, 0.15) is 48.0 Å². The first-order valence-corrected chi connectivity index (χ1v) is 9.44. The molecule has 10 heteroatoms. The van der Waals surface area contributed by atoms with E-state index in [0.717, 1.165) is 4.90 Å². The molecule has 0 aromatic carbocycles. The van der Waals surface area contributed by atoms with Crippen LogP contribution < -0.4 is 5.32 Å². The van der Waals surface area contributed by atoms with Crippen LogP contribution >= 0.6 is 0 Å². The third kappa shape index (κ3) is 8.16. The van der Waals surface area contributed by atoms with Crippen LogP contribution in [0, 0.1) is 0 Å². The van der Waals surface area contributed by atoms with E-state index in [1.165, 1.54) is 19.1 Å². The van der Waals surface area contributed by atoms with Gasteiger partial charge in [0.25, 0.3) is 0 Å². The molecule has 1 N–H and O–H groups in total. The molecule has 1 rings (SSSR count). The Balaban J connectivity index is 2.72. The van der Waals surface area contributed by atoms with Crippen molar-refractivity contribution in [3.63, 3.8) is 0 Å². The first-order chi connectivity index (χ1) is 13.1. The van der Waals surface area contributed by atoms with Gasteiger partial charge in [0, 0.05) is 26.1 Å². The molecular formula is C19H33N3O7. The second-order valence-electron chi connectivity index (χ2n) is 9.01. The maximum Gasteiger partial charge on any atom is 0.411 e. The van der Waals surface area contributed by atoms with Crippen molar-refractivity contribution >= 4 is 24.1 Å². The molecule has 1 fully saturated rings. The third-order valence-electron chi connectivity index (χ3n) is 3.85. The second-order valence-corrected chi connectivity index (χ2v) is 9.01. The van der Waals surface area contributed by atoms with Gasteiger partial charge >= 0.3 is 18.2 Å². The van der Waals surface area contributed by atoms with Gasteiger partial charge in [0.1, 0.15) is 23.8 Å². The van der Waals surface area contributed by atoms with Gasteiger partial charge in [-0.1, -0.05) is 0 Å². The van der Waals surface area contributed by atoms with Crippen LogP contribution in [0.5, 0.6) is 0 Å². The minimum absolute atomic E-state index is 0.0938. The van der Waals surface area contributed by atoms with Gasteiger partial charge < -0.3 is 24.4 Å². The lowest BCUT2D eigenvalue weighted by Crippen LogP contribution is -2.46. The molecule has 10 nitrogen and oxygen atoms in total. The second kappa shape index (κ2) is 9.32. The van der Waals surface area contributed by atoms with E-state index in [0.29, 0.717) is 0 Å². The van der Waals surface area contributed by atoms with E-state index in [2.05, 4.69) is 5.32 Å². The van der Waals surface area contributed by atoms with E-state index in [4.69, 9.17) is 14.2 Å². The zero-order chi connectivity index (χ0) is 22.6. The van der Waals surface area contributed by atoms with Crippen molar-refractivity contribution in [1.29, 1.82) is 0 Å². The van der Waals surface area contributed by atoms with Crippen LogP contribution in [0.25, 0.3) is 0 Å². The summed E-state index contributed by atoms with van der Waals surface area (Å²) in [6.45, 7) is 10.2. The van der Waals surface area contributed by atoms with Crippen molar-refractivity contribution in [3.05, 3.63) is 0 Å². The smallest absolute Gasteiger partial charge is 0.411 e. The summed E-state index contributed by atoms with van der Waals surface area (Å²) in [5.74, 6) is -1.02. The molecular weight excluding hydrogens is 382 g/mol. The van der Waals surface area contributed by atoms with Crippen molar-refractivity contribution in [3.8, 4) is 0 Å². The third-order valence-corrected chi connectivity index (χ3v) is 3.85. The lowest BCUT2D eigenvalue weighted by atomic mass is 10.1. The highest BCUT2D eigenvalue weighted by Gasteiger charge is 2.42. The van der Waals surface area contributed by atoms with Gasteiger partial charge in [-0.25, -0.2) is 14.4 Å². The summed E-state index contributed by atoms with van der Waals surface area (Å²) >= 11 is 0. The van der Waals surface area contributed by atoms with Gasteiger partial charge in [0.05, 0.1) is 7.11 Å². The minimum atomic E-state index is -0.858. The summed E-state index contributed by atoms with van der Waals surface area (Å²) < 4.78 is 15.3. The largest absolute Gasteiger partial charge is 0.467 e. The Morgan fingerprint density at radius 1 is 1.03 bits per heavy atom. The first kappa shape index (κ1) is 24.5. The maximum atomic E-state index is 12.4. The van der Waals surface area contributed by atoms with Crippen molar-refractivity contribution in [2.75, 3.05) is 27.2 Å². The van der Waals surface area contributed by atoms with Crippen LogP contribution in [0.2, 0.25) is 0 Å². The Kier molecular flexibility index (Phi) is 7.88. The minimum Gasteiger partial charge on any atom is -0.467 e. The molecule has 0 radical (unpaired) electrons. The predicted molar refractivity (Wildman–Crippen MR) is 104 cm³/mol. The fourth-order valence-corrected chi connectivity index (χ4v) is 2.72. The number of amides is 3.